The van der Waals surface area contributed by atoms with Crippen LogP contribution >= 0.6 is 7.82 Å². The Labute approximate surface area is 95.8 Å². The summed E-state index contributed by atoms with van der Waals surface area (Å²) in [6.45, 7) is 3.30. The van der Waals surface area contributed by atoms with Gasteiger partial charge in [-0.05, 0) is 6.42 Å². The Morgan fingerprint density at radius 3 is 2.38 bits per heavy atom. The molecule has 16 heavy (non-hydrogen) atoms. The molecule has 0 atom stereocenters. The first-order valence-electron chi connectivity index (χ1n) is 4.95. The van der Waals surface area contributed by atoms with Crippen LogP contribution in [-0.4, -0.2) is 28.7 Å². The van der Waals surface area contributed by atoms with Gasteiger partial charge in [0.25, 0.3) is 0 Å². The Bertz CT molecular complexity index is 294. The summed E-state index contributed by atoms with van der Waals surface area (Å²) in [7, 11) is -1.45. The zero-order chi connectivity index (χ0) is 12.4. The average Bonchev–Trinajstić information content (AvgIpc) is 2.80. The highest BCUT2D eigenvalue weighted by Gasteiger charge is 2.13. The minimum atomic E-state index is -3.65. The molecule has 0 radical (unpaired) electrons. The molecule has 1 N–H and O–H groups in total. The number of imidazole rings is 1. The molecule has 1 heterocycles. The van der Waals surface area contributed by atoms with E-state index in [1.807, 2.05) is 18.7 Å². The lowest BCUT2D eigenvalue weighted by atomic mass is 10.3. The van der Waals surface area contributed by atoms with Crippen molar-refractivity contribution in [1.29, 1.82) is 0 Å². The maximum Gasteiger partial charge on any atom is 0.471 e. The highest BCUT2D eigenvalue weighted by molar-refractivity contribution is 7.47. The first-order valence-corrected chi connectivity index (χ1v) is 6.45. The molecule has 0 fully saturated rings. The molecule has 7 heteroatoms. The molecular formula is C9H19N2O4P. The number of hydrogen-bond acceptors (Lipinski definition) is 4. The number of unbranched alkanes of at least 4 members (excludes halogenated alkanes) is 1. The van der Waals surface area contributed by atoms with Gasteiger partial charge in [0.15, 0.2) is 0 Å². The lowest BCUT2D eigenvalue weighted by Gasteiger charge is -2.01. The van der Waals surface area contributed by atoms with E-state index in [0.717, 1.165) is 20.8 Å². The van der Waals surface area contributed by atoms with E-state index >= 15 is 0 Å². The van der Waals surface area contributed by atoms with Gasteiger partial charge in [-0.15, -0.1) is 0 Å². The van der Waals surface area contributed by atoms with Crippen LogP contribution in [0.3, 0.4) is 0 Å². The summed E-state index contributed by atoms with van der Waals surface area (Å²) in [5.74, 6) is 0. The van der Waals surface area contributed by atoms with Crippen LogP contribution in [0.5, 0.6) is 0 Å². The number of hydrogen-bond donors (Lipinski definition) is 1. The third-order valence-corrected chi connectivity index (χ3v) is 2.71. The molecule has 6 nitrogen and oxygen atoms in total. The molecule has 1 aromatic heterocycles. The molecule has 0 saturated heterocycles. The van der Waals surface area contributed by atoms with Crippen LogP contribution in [0.2, 0.25) is 0 Å². The molecule has 0 amide bonds. The van der Waals surface area contributed by atoms with Crippen LogP contribution in [0, 0.1) is 0 Å². The van der Waals surface area contributed by atoms with Crippen molar-refractivity contribution in [3.63, 3.8) is 0 Å². The van der Waals surface area contributed by atoms with Crippen LogP contribution in [0.1, 0.15) is 19.8 Å². The van der Waals surface area contributed by atoms with E-state index in [9.17, 15) is 4.57 Å². The highest BCUT2D eigenvalue weighted by atomic mass is 31.2. The Kier molecular flexibility index (Phi) is 8.11. The summed E-state index contributed by atoms with van der Waals surface area (Å²) in [6, 6.07) is 0. The number of aromatic nitrogens is 2. The molecule has 0 aliphatic rings. The monoisotopic (exact) mass is 250 g/mol. The van der Waals surface area contributed by atoms with Gasteiger partial charge in [-0.1, -0.05) is 13.3 Å². The second-order valence-corrected chi connectivity index (χ2v) is 4.66. The topological polar surface area (TPSA) is 73.6 Å². The number of phosphoric acid groups is 1. The molecule has 0 unspecified atom stereocenters. The first-order chi connectivity index (χ1) is 7.55. The fraction of sp³-hybridized carbons (Fsp3) is 0.667. The van der Waals surface area contributed by atoms with Crippen molar-refractivity contribution in [2.45, 2.75) is 26.3 Å². The minimum Gasteiger partial charge on any atom is -0.337 e. The minimum absolute atomic E-state index is 1.10. The quantitative estimate of drug-likeness (QED) is 0.810. The van der Waals surface area contributed by atoms with Gasteiger partial charge in [-0.2, -0.15) is 0 Å². The summed E-state index contributed by atoms with van der Waals surface area (Å²) in [5, 5.41) is 0. The maximum absolute atomic E-state index is 10.1. The lowest BCUT2D eigenvalue weighted by molar-refractivity contribution is 0.204. The summed E-state index contributed by atoms with van der Waals surface area (Å²) in [4.78, 5) is 12.2. The van der Waals surface area contributed by atoms with Crippen molar-refractivity contribution in [1.82, 2.24) is 9.55 Å². The molecule has 1 aromatic rings. The number of nitrogens with zero attached hydrogens (tertiary/aromatic N) is 2. The van der Waals surface area contributed by atoms with Crippen LogP contribution in [0.4, 0.5) is 0 Å². The van der Waals surface area contributed by atoms with Crippen LogP contribution in [0.25, 0.3) is 0 Å². The molecule has 0 aliphatic heterocycles. The Hall–Kier alpha value is -0.680. The normalized spacial score (nSPS) is 10.8. The van der Waals surface area contributed by atoms with Gasteiger partial charge in [0.05, 0.1) is 6.33 Å². The van der Waals surface area contributed by atoms with Gasteiger partial charge in [0.2, 0.25) is 0 Å². The van der Waals surface area contributed by atoms with Gasteiger partial charge < -0.3 is 9.46 Å². The molecule has 0 saturated carbocycles. The Morgan fingerprint density at radius 1 is 1.44 bits per heavy atom. The standard InChI is InChI=1S/C7H12N2.C2H7O4P/c1-2-3-5-9-6-4-8-7-9;1-5-7(3,4)6-2/h4,6-7H,2-3,5H2,1H3;1-2H3,(H,3,4). The number of phosphoric ester groups is 1. The second-order valence-electron chi connectivity index (χ2n) is 2.99. The molecule has 0 bridgehead atoms. The lowest BCUT2D eigenvalue weighted by Crippen LogP contribution is -1.92. The van der Waals surface area contributed by atoms with Crippen molar-refractivity contribution in [2.75, 3.05) is 14.2 Å². The van der Waals surface area contributed by atoms with E-state index in [0.29, 0.717) is 0 Å². The summed E-state index contributed by atoms with van der Waals surface area (Å²) < 4.78 is 20.1. The van der Waals surface area contributed by atoms with Crippen molar-refractivity contribution in [3.8, 4) is 0 Å². The van der Waals surface area contributed by atoms with E-state index in [1.165, 1.54) is 12.8 Å². The van der Waals surface area contributed by atoms with Crippen molar-refractivity contribution < 1.29 is 18.5 Å². The summed E-state index contributed by atoms with van der Waals surface area (Å²) in [5.41, 5.74) is 0. The zero-order valence-electron chi connectivity index (χ0n) is 9.87. The van der Waals surface area contributed by atoms with Crippen LogP contribution < -0.4 is 0 Å². The molecular weight excluding hydrogens is 231 g/mol. The average molecular weight is 250 g/mol. The van der Waals surface area contributed by atoms with E-state index in [-0.39, 0.29) is 0 Å². The van der Waals surface area contributed by atoms with E-state index in [1.54, 1.807) is 0 Å². The fourth-order valence-corrected chi connectivity index (χ4v) is 0.983. The first kappa shape index (κ1) is 15.3. The Balaban J connectivity index is 0.000000293. The van der Waals surface area contributed by atoms with Gasteiger partial charge >= 0.3 is 7.82 Å². The number of aryl methyl sites for hydroxylation is 1. The summed E-state index contributed by atoms with van der Waals surface area (Å²) in [6.07, 6.45) is 8.16. The smallest absolute Gasteiger partial charge is 0.337 e. The maximum atomic E-state index is 10.1. The largest absolute Gasteiger partial charge is 0.471 e. The molecule has 1 rings (SSSR count). The van der Waals surface area contributed by atoms with E-state index in [4.69, 9.17) is 4.89 Å². The van der Waals surface area contributed by atoms with Gasteiger partial charge in [0.1, 0.15) is 0 Å². The summed E-state index contributed by atoms with van der Waals surface area (Å²) >= 11 is 0. The molecule has 94 valence electrons. The number of rotatable bonds is 5. The fourth-order valence-electron chi connectivity index (χ4n) is 0.834. The second kappa shape index (κ2) is 8.47. The van der Waals surface area contributed by atoms with Crippen molar-refractivity contribution in [2.24, 2.45) is 0 Å². The third kappa shape index (κ3) is 7.59. The SMILES string of the molecule is CCCCn1ccnc1.COP(=O)(O)OC. The van der Waals surface area contributed by atoms with Gasteiger partial charge in [0, 0.05) is 33.2 Å². The van der Waals surface area contributed by atoms with E-state index in [2.05, 4.69) is 25.5 Å². The predicted molar refractivity (Wildman–Crippen MR) is 61.0 cm³/mol. The van der Waals surface area contributed by atoms with E-state index < -0.39 is 7.82 Å². The molecule has 0 aliphatic carbocycles. The van der Waals surface area contributed by atoms with Crippen molar-refractivity contribution in [3.05, 3.63) is 18.7 Å². The van der Waals surface area contributed by atoms with Crippen molar-refractivity contribution >= 4 is 7.82 Å². The highest BCUT2D eigenvalue weighted by Crippen LogP contribution is 2.40. The van der Waals surface area contributed by atoms with Gasteiger partial charge in [-0.25, -0.2) is 9.55 Å². The predicted octanol–water partition coefficient (Wildman–Crippen LogP) is 2.06. The zero-order valence-corrected chi connectivity index (χ0v) is 10.8. The third-order valence-electron chi connectivity index (χ3n) is 1.79. The van der Waals surface area contributed by atoms with Crippen LogP contribution in [0.15, 0.2) is 18.7 Å². The molecule has 0 aromatic carbocycles. The Morgan fingerprint density at radius 2 is 2.06 bits per heavy atom. The van der Waals surface area contributed by atoms with Crippen LogP contribution in [-0.2, 0) is 20.2 Å². The molecule has 0 spiro atoms. The van der Waals surface area contributed by atoms with Gasteiger partial charge in [-0.3, -0.25) is 9.05 Å².